The standard InChI is InChI=1S/C16H25N3O/c1-11-7-12(2)15(17)8-14(11)16(20)18-9-13-5-4-6-19(3)10-13/h7-8,13H,4-6,9-10,17H2,1-3H3,(H,18,20). The summed E-state index contributed by atoms with van der Waals surface area (Å²) in [6, 6.07) is 3.76. The molecule has 0 saturated carbocycles. The van der Waals surface area contributed by atoms with Gasteiger partial charge in [-0.05, 0) is 63.4 Å². The maximum Gasteiger partial charge on any atom is 0.251 e. The molecule has 110 valence electrons. The number of hydrogen-bond acceptors (Lipinski definition) is 3. The zero-order chi connectivity index (χ0) is 14.7. The normalized spacial score (nSPS) is 19.9. The Bertz CT molecular complexity index is 499. The molecule has 4 heteroatoms. The van der Waals surface area contributed by atoms with Crippen LogP contribution in [0.2, 0.25) is 0 Å². The number of nitrogen functional groups attached to an aromatic ring is 1. The molecule has 1 atom stereocenters. The van der Waals surface area contributed by atoms with E-state index in [1.807, 2.05) is 19.9 Å². The largest absolute Gasteiger partial charge is 0.398 e. The first-order valence-electron chi connectivity index (χ1n) is 7.31. The predicted molar refractivity (Wildman–Crippen MR) is 82.9 cm³/mol. The number of nitrogens with zero attached hydrogens (tertiary/aromatic N) is 1. The highest BCUT2D eigenvalue weighted by molar-refractivity contribution is 5.96. The summed E-state index contributed by atoms with van der Waals surface area (Å²) >= 11 is 0. The van der Waals surface area contributed by atoms with Gasteiger partial charge >= 0.3 is 0 Å². The number of likely N-dealkylation sites (tertiary alicyclic amines) is 1. The van der Waals surface area contributed by atoms with Crippen LogP contribution in [0.15, 0.2) is 12.1 Å². The topological polar surface area (TPSA) is 58.4 Å². The molecular weight excluding hydrogens is 250 g/mol. The number of nitrogens with two attached hydrogens (primary N) is 1. The number of rotatable bonds is 3. The Labute approximate surface area is 121 Å². The molecule has 0 aromatic heterocycles. The van der Waals surface area contributed by atoms with Gasteiger partial charge in [-0.3, -0.25) is 4.79 Å². The first-order valence-corrected chi connectivity index (χ1v) is 7.31. The van der Waals surface area contributed by atoms with Crippen molar-refractivity contribution in [3.8, 4) is 0 Å². The van der Waals surface area contributed by atoms with Crippen LogP contribution in [0.1, 0.15) is 34.3 Å². The monoisotopic (exact) mass is 275 g/mol. The van der Waals surface area contributed by atoms with E-state index in [0.717, 1.165) is 30.8 Å². The van der Waals surface area contributed by atoms with Crippen molar-refractivity contribution in [1.82, 2.24) is 10.2 Å². The Morgan fingerprint density at radius 2 is 2.15 bits per heavy atom. The van der Waals surface area contributed by atoms with Gasteiger partial charge in [0.25, 0.3) is 5.91 Å². The summed E-state index contributed by atoms with van der Waals surface area (Å²) in [6.07, 6.45) is 2.41. The van der Waals surface area contributed by atoms with Crippen molar-refractivity contribution in [1.29, 1.82) is 0 Å². The molecule has 4 nitrogen and oxygen atoms in total. The van der Waals surface area contributed by atoms with E-state index in [4.69, 9.17) is 5.73 Å². The highest BCUT2D eigenvalue weighted by atomic mass is 16.1. The molecule has 2 rings (SSSR count). The van der Waals surface area contributed by atoms with E-state index in [-0.39, 0.29) is 5.91 Å². The van der Waals surface area contributed by atoms with Crippen molar-refractivity contribution in [2.24, 2.45) is 5.92 Å². The van der Waals surface area contributed by atoms with Crippen LogP contribution in [0.4, 0.5) is 5.69 Å². The first-order chi connectivity index (χ1) is 9.47. The smallest absolute Gasteiger partial charge is 0.251 e. The Morgan fingerprint density at radius 3 is 2.85 bits per heavy atom. The molecule has 1 amide bonds. The average molecular weight is 275 g/mol. The summed E-state index contributed by atoms with van der Waals surface area (Å²) in [5.41, 5.74) is 9.27. The van der Waals surface area contributed by atoms with Crippen molar-refractivity contribution in [3.05, 3.63) is 28.8 Å². The fourth-order valence-electron chi connectivity index (χ4n) is 2.89. The van der Waals surface area contributed by atoms with Crippen LogP contribution in [0, 0.1) is 19.8 Å². The summed E-state index contributed by atoms with van der Waals surface area (Å²) in [6.45, 7) is 6.89. The second-order valence-corrected chi connectivity index (χ2v) is 6.00. The third-order valence-electron chi connectivity index (χ3n) is 4.13. The summed E-state index contributed by atoms with van der Waals surface area (Å²) in [4.78, 5) is 14.6. The van der Waals surface area contributed by atoms with E-state index in [0.29, 0.717) is 17.2 Å². The molecule has 0 bridgehead atoms. The lowest BCUT2D eigenvalue weighted by molar-refractivity contribution is 0.0936. The minimum Gasteiger partial charge on any atom is -0.398 e. The maximum atomic E-state index is 12.3. The Kier molecular flexibility index (Phi) is 4.65. The van der Waals surface area contributed by atoms with Gasteiger partial charge in [0.05, 0.1) is 0 Å². The van der Waals surface area contributed by atoms with Gasteiger partial charge in [-0.25, -0.2) is 0 Å². The van der Waals surface area contributed by atoms with E-state index < -0.39 is 0 Å². The SMILES string of the molecule is Cc1cc(C)c(C(=O)NCC2CCCN(C)C2)cc1N. The molecule has 1 aromatic carbocycles. The van der Waals surface area contributed by atoms with Gasteiger partial charge in [0.15, 0.2) is 0 Å². The van der Waals surface area contributed by atoms with E-state index in [9.17, 15) is 4.79 Å². The van der Waals surface area contributed by atoms with Crippen LogP contribution in [-0.2, 0) is 0 Å². The Morgan fingerprint density at radius 1 is 1.40 bits per heavy atom. The highest BCUT2D eigenvalue weighted by Crippen LogP contribution is 2.18. The van der Waals surface area contributed by atoms with Crippen LogP contribution in [-0.4, -0.2) is 37.5 Å². The van der Waals surface area contributed by atoms with Crippen LogP contribution in [0.5, 0.6) is 0 Å². The molecule has 0 spiro atoms. The maximum absolute atomic E-state index is 12.3. The number of piperidine rings is 1. The highest BCUT2D eigenvalue weighted by Gasteiger charge is 2.18. The lowest BCUT2D eigenvalue weighted by Gasteiger charge is -2.29. The Hall–Kier alpha value is -1.55. The molecular formula is C16H25N3O. The lowest BCUT2D eigenvalue weighted by atomic mass is 9.98. The zero-order valence-corrected chi connectivity index (χ0v) is 12.7. The fraction of sp³-hybridized carbons (Fsp3) is 0.562. The van der Waals surface area contributed by atoms with Crippen molar-refractivity contribution in [2.75, 3.05) is 32.4 Å². The van der Waals surface area contributed by atoms with E-state index in [1.54, 1.807) is 6.07 Å². The number of carbonyl (C=O) groups excluding carboxylic acids is 1. The number of hydrogen-bond donors (Lipinski definition) is 2. The summed E-state index contributed by atoms with van der Waals surface area (Å²) in [5.74, 6) is 0.545. The number of anilines is 1. The van der Waals surface area contributed by atoms with Gasteiger partial charge in [-0.15, -0.1) is 0 Å². The molecule has 1 heterocycles. The second kappa shape index (κ2) is 6.27. The molecule has 1 aliphatic rings. The van der Waals surface area contributed by atoms with E-state index in [1.165, 1.54) is 12.8 Å². The van der Waals surface area contributed by atoms with Crippen LogP contribution in [0.3, 0.4) is 0 Å². The predicted octanol–water partition coefficient (Wildman–Crippen LogP) is 1.96. The van der Waals surface area contributed by atoms with Gasteiger partial charge in [0.1, 0.15) is 0 Å². The number of aryl methyl sites for hydroxylation is 2. The fourth-order valence-corrected chi connectivity index (χ4v) is 2.89. The zero-order valence-electron chi connectivity index (χ0n) is 12.7. The lowest BCUT2D eigenvalue weighted by Crippen LogP contribution is -2.39. The van der Waals surface area contributed by atoms with Crippen LogP contribution in [0.25, 0.3) is 0 Å². The quantitative estimate of drug-likeness (QED) is 0.829. The minimum atomic E-state index is -0.0116. The number of nitrogens with one attached hydrogen (secondary N) is 1. The molecule has 1 fully saturated rings. The Balaban J connectivity index is 1.96. The number of benzene rings is 1. The van der Waals surface area contributed by atoms with Crippen LogP contribution >= 0.6 is 0 Å². The number of carbonyl (C=O) groups is 1. The molecule has 1 saturated heterocycles. The van der Waals surface area contributed by atoms with Crippen molar-refractivity contribution >= 4 is 11.6 Å². The van der Waals surface area contributed by atoms with Gasteiger partial charge in [0, 0.05) is 24.3 Å². The third kappa shape index (κ3) is 3.51. The molecule has 0 radical (unpaired) electrons. The minimum absolute atomic E-state index is 0.0116. The van der Waals surface area contributed by atoms with E-state index in [2.05, 4.69) is 17.3 Å². The summed E-state index contributed by atoms with van der Waals surface area (Å²) < 4.78 is 0. The van der Waals surface area contributed by atoms with Crippen molar-refractivity contribution < 1.29 is 4.79 Å². The van der Waals surface area contributed by atoms with E-state index >= 15 is 0 Å². The second-order valence-electron chi connectivity index (χ2n) is 6.00. The summed E-state index contributed by atoms with van der Waals surface area (Å²) in [5, 5.41) is 3.06. The first kappa shape index (κ1) is 14.9. The number of amides is 1. The van der Waals surface area contributed by atoms with Crippen molar-refractivity contribution in [2.45, 2.75) is 26.7 Å². The van der Waals surface area contributed by atoms with Crippen LogP contribution < -0.4 is 11.1 Å². The van der Waals surface area contributed by atoms with Gasteiger partial charge in [0.2, 0.25) is 0 Å². The van der Waals surface area contributed by atoms with Gasteiger partial charge in [-0.1, -0.05) is 6.07 Å². The molecule has 1 unspecified atom stereocenters. The molecule has 0 aliphatic carbocycles. The molecule has 20 heavy (non-hydrogen) atoms. The van der Waals surface area contributed by atoms with Gasteiger partial charge in [-0.2, -0.15) is 0 Å². The summed E-state index contributed by atoms with van der Waals surface area (Å²) in [7, 11) is 2.14. The molecule has 3 N–H and O–H groups in total. The molecule has 1 aromatic rings. The van der Waals surface area contributed by atoms with Gasteiger partial charge < -0.3 is 16.0 Å². The average Bonchev–Trinajstić information content (AvgIpc) is 2.40. The third-order valence-corrected chi connectivity index (χ3v) is 4.13. The van der Waals surface area contributed by atoms with Crippen molar-refractivity contribution in [3.63, 3.8) is 0 Å². The molecule has 1 aliphatic heterocycles.